The molecule has 2 atom stereocenters. The first-order valence-electron chi connectivity index (χ1n) is 3.72. The summed E-state index contributed by atoms with van der Waals surface area (Å²) in [5.74, 6) is 0.549. The van der Waals surface area contributed by atoms with E-state index in [1.807, 2.05) is 19.0 Å². The van der Waals surface area contributed by atoms with Crippen molar-refractivity contribution in [2.45, 2.75) is 25.3 Å². The summed E-state index contributed by atoms with van der Waals surface area (Å²) in [6, 6.07) is 2.39. The maximum absolute atomic E-state index is 8.89. The van der Waals surface area contributed by atoms with Crippen molar-refractivity contribution in [3.63, 3.8) is 0 Å². The predicted molar refractivity (Wildman–Crippen MR) is 40.4 cm³/mol. The monoisotopic (exact) mass is 138 g/mol. The number of hydrogen-bond donors (Lipinski definition) is 0. The van der Waals surface area contributed by atoms with Crippen LogP contribution in [0.4, 0.5) is 0 Å². The topological polar surface area (TPSA) is 27.0 Å². The van der Waals surface area contributed by atoms with Gasteiger partial charge in [-0.1, -0.05) is 6.92 Å². The molecule has 56 valence electrons. The third-order valence-corrected chi connectivity index (χ3v) is 2.77. The molecular formula is C8H14N2. The van der Waals surface area contributed by atoms with Crippen LogP contribution < -0.4 is 0 Å². The zero-order valence-corrected chi connectivity index (χ0v) is 6.89. The molecule has 1 saturated carbocycles. The first-order chi connectivity index (χ1) is 4.63. The Morgan fingerprint density at radius 2 is 2.20 bits per heavy atom. The van der Waals surface area contributed by atoms with Crippen molar-refractivity contribution in [2.24, 2.45) is 5.92 Å². The van der Waals surface area contributed by atoms with Gasteiger partial charge in [-0.2, -0.15) is 5.26 Å². The molecule has 2 unspecified atom stereocenters. The van der Waals surface area contributed by atoms with Gasteiger partial charge in [0.2, 0.25) is 0 Å². The molecule has 1 rings (SSSR count). The molecular weight excluding hydrogens is 124 g/mol. The first kappa shape index (κ1) is 7.56. The lowest BCUT2D eigenvalue weighted by atomic mass is 9.68. The average Bonchev–Trinajstić information content (AvgIpc) is 1.86. The van der Waals surface area contributed by atoms with Crippen LogP contribution in [0.1, 0.15) is 19.8 Å². The molecule has 0 radical (unpaired) electrons. The van der Waals surface area contributed by atoms with Crippen molar-refractivity contribution in [3.05, 3.63) is 0 Å². The van der Waals surface area contributed by atoms with E-state index in [0.29, 0.717) is 5.92 Å². The quantitative estimate of drug-likeness (QED) is 0.545. The second-order valence-corrected chi connectivity index (χ2v) is 3.37. The fourth-order valence-corrected chi connectivity index (χ4v) is 1.64. The summed E-state index contributed by atoms with van der Waals surface area (Å²) in [6.07, 6.45) is 2.24. The smallest absolute Gasteiger partial charge is 0.111 e. The van der Waals surface area contributed by atoms with Crippen molar-refractivity contribution < 1.29 is 0 Å². The number of nitrogens with zero attached hydrogens (tertiary/aromatic N) is 2. The zero-order chi connectivity index (χ0) is 7.78. The minimum Gasteiger partial charge on any atom is -0.291 e. The SMILES string of the molecule is CC1CCC1(C#N)N(C)C. The molecule has 0 N–H and O–H groups in total. The van der Waals surface area contributed by atoms with Gasteiger partial charge in [0.25, 0.3) is 0 Å². The van der Waals surface area contributed by atoms with Gasteiger partial charge in [0.05, 0.1) is 6.07 Å². The average molecular weight is 138 g/mol. The summed E-state index contributed by atoms with van der Waals surface area (Å²) in [4.78, 5) is 2.04. The van der Waals surface area contributed by atoms with E-state index in [1.165, 1.54) is 6.42 Å². The van der Waals surface area contributed by atoms with Gasteiger partial charge in [-0.25, -0.2) is 0 Å². The lowest BCUT2D eigenvalue weighted by Crippen LogP contribution is -2.55. The normalized spacial score (nSPS) is 38.9. The Hall–Kier alpha value is -0.550. The van der Waals surface area contributed by atoms with E-state index in [1.54, 1.807) is 0 Å². The molecule has 0 heterocycles. The molecule has 0 spiro atoms. The largest absolute Gasteiger partial charge is 0.291 e. The molecule has 0 bridgehead atoms. The van der Waals surface area contributed by atoms with Crippen LogP contribution in [0.15, 0.2) is 0 Å². The number of rotatable bonds is 1. The van der Waals surface area contributed by atoms with Crippen LogP contribution >= 0.6 is 0 Å². The molecule has 0 saturated heterocycles. The highest BCUT2D eigenvalue weighted by molar-refractivity contribution is 5.15. The lowest BCUT2D eigenvalue weighted by Gasteiger charge is -2.47. The van der Waals surface area contributed by atoms with E-state index in [4.69, 9.17) is 5.26 Å². The van der Waals surface area contributed by atoms with Gasteiger partial charge < -0.3 is 0 Å². The Labute approximate surface area is 62.4 Å². The van der Waals surface area contributed by atoms with Crippen LogP contribution in [0.2, 0.25) is 0 Å². The molecule has 0 aromatic carbocycles. The van der Waals surface area contributed by atoms with E-state index < -0.39 is 0 Å². The Morgan fingerprint density at radius 1 is 1.60 bits per heavy atom. The Kier molecular flexibility index (Phi) is 1.70. The summed E-state index contributed by atoms with van der Waals surface area (Å²) < 4.78 is 0. The summed E-state index contributed by atoms with van der Waals surface area (Å²) in [5.41, 5.74) is -0.139. The predicted octanol–water partition coefficient (Wildman–Crippen LogP) is 1.24. The lowest BCUT2D eigenvalue weighted by molar-refractivity contribution is 0.0504. The molecule has 1 aliphatic rings. The summed E-state index contributed by atoms with van der Waals surface area (Å²) in [7, 11) is 3.97. The van der Waals surface area contributed by atoms with Crippen molar-refractivity contribution in [3.8, 4) is 6.07 Å². The van der Waals surface area contributed by atoms with Crippen LogP contribution in [0.25, 0.3) is 0 Å². The van der Waals surface area contributed by atoms with E-state index >= 15 is 0 Å². The minimum absolute atomic E-state index is 0.139. The van der Waals surface area contributed by atoms with Gasteiger partial charge in [0.1, 0.15) is 5.54 Å². The van der Waals surface area contributed by atoms with Gasteiger partial charge in [-0.05, 0) is 32.9 Å². The van der Waals surface area contributed by atoms with E-state index in [-0.39, 0.29) is 5.54 Å². The van der Waals surface area contributed by atoms with Crippen molar-refractivity contribution in [2.75, 3.05) is 14.1 Å². The van der Waals surface area contributed by atoms with Crippen molar-refractivity contribution >= 4 is 0 Å². The van der Waals surface area contributed by atoms with Gasteiger partial charge in [0, 0.05) is 0 Å². The second kappa shape index (κ2) is 2.25. The summed E-state index contributed by atoms with van der Waals surface area (Å²) in [5, 5.41) is 8.89. The molecule has 0 amide bonds. The molecule has 1 fully saturated rings. The van der Waals surface area contributed by atoms with Crippen LogP contribution in [-0.2, 0) is 0 Å². The van der Waals surface area contributed by atoms with E-state index in [0.717, 1.165) is 6.42 Å². The molecule has 0 aliphatic heterocycles. The van der Waals surface area contributed by atoms with Crippen LogP contribution in [0.3, 0.4) is 0 Å². The zero-order valence-electron chi connectivity index (χ0n) is 6.89. The fourth-order valence-electron chi connectivity index (χ4n) is 1.64. The molecule has 10 heavy (non-hydrogen) atoms. The van der Waals surface area contributed by atoms with Crippen LogP contribution in [-0.4, -0.2) is 24.5 Å². The molecule has 0 aromatic heterocycles. The van der Waals surface area contributed by atoms with Gasteiger partial charge in [-0.15, -0.1) is 0 Å². The van der Waals surface area contributed by atoms with Crippen molar-refractivity contribution in [1.29, 1.82) is 5.26 Å². The maximum Gasteiger partial charge on any atom is 0.111 e. The van der Waals surface area contributed by atoms with Crippen LogP contribution in [0, 0.1) is 17.2 Å². The van der Waals surface area contributed by atoms with Gasteiger partial charge >= 0.3 is 0 Å². The number of nitriles is 1. The van der Waals surface area contributed by atoms with Crippen molar-refractivity contribution in [1.82, 2.24) is 4.90 Å². The van der Waals surface area contributed by atoms with Gasteiger partial charge in [-0.3, -0.25) is 4.90 Å². The standard InChI is InChI=1S/C8H14N2/c1-7-4-5-8(7,6-9)10(2)3/h7H,4-5H2,1-3H3. The molecule has 2 nitrogen and oxygen atoms in total. The maximum atomic E-state index is 8.89. The van der Waals surface area contributed by atoms with E-state index in [9.17, 15) is 0 Å². The molecule has 2 heteroatoms. The Morgan fingerprint density at radius 3 is 2.20 bits per heavy atom. The second-order valence-electron chi connectivity index (χ2n) is 3.37. The number of hydrogen-bond acceptors (Lipinski definition) is 2. The Balaban J connectivity index is 2.72. The summed E-state index contributed by atoms with van der Waals surface area (Å²) in [6.45, 7) is 2.15. The third-order valence-electron chi connectivity index (χ3n) is 2.77. The van der Waals surface area contributed by atoms with E-state index in [2.05, 4.69) is 13.0 Å². The highest BCUT2D eigenvalue weighted by Gasteiger charge is 2.46. The molecule has 1 aliphatic carbocycles. The third kappa shape index (κ3) is 0.741. The Bertz CT molecular complexity index is 162. The summed E-state index contributed by atoms with van der Waals surface area (Å²) >= 11 is 0. The highest BCUT2D eigenvalue weighted by atomic mass is 15.2. The fraction of sp³-hybridized carbons (Fsp3) is 0.875. The molecule has 0 aromatic rings. The van der Waals surface area contributed by atoms with Crippen LogP contribution in [0.5, 0.6) is 0 Å². The highest BCUT2D eigenvalue weighted by Crippen LogP contribution is 2.41. The minimum atomic E-state index is -0.139. The van der Waals surface area contributed by atoms with Gasteiger partial charge in [0.15, 0.2) is 0 Å². The first-order valence-corrected chi connectivity index (χ1v) is 3.72.